The number of carbonyl (C=O) groups is 1. The third-order valence-corrected chi connectivity index (χ3v) is 4.85. The molecule has 0 N–H and O–H groups in total. The molecular formula is C9H16N2O3S. The Morgan fingerprint density at radius 1 is 1.13 bits per heavy atom. The minimum atomic E-state index is -2.79. The van der Waals surface area contributed by atoms with Crippen molar-refractivity contribution in [1.82, 2.24) is 9.80 Å². The van der Waals surface area contributed by atoms with Gasteiger partial charge in [-0.25, -0.2) is 8.42 Å². The summed E-state index contributed by atoms with van der Waals surface area (Å²) < 4.78 is 22.5. The molecule has 86 valence electrons. The number of sulfone groups is 1. The van der Waals surface area contributed by atoms with Gasteiger partial charge >= 0.3 is 0 Å². The second-order valence-electron chi connectivity index (χ2n) is 4.23. The highest BCUT2D eigenvalue weighted by atomic mass is 32.2. The van der Waals surface area contributed by atoms with Crippen molar-refractivity contribution in [3.8, 4) is 0 Å². The number of amides is 1. The number of likely N-dealkylation sites (tertiary alicyclic amines) is 1. The van der Waals surface area contributed by atoms with Crippen molar-refractivity contribution >= 4 is 16.2 Å². The lowest BCUT2D eigenvalue weighted by Crippen LogP contribution is -2.46. The molecule has 0 aromatic carbocycles. The SMILES string of the molecule is O=CN1CCC(N2CCS(=O)(=O)CC2)C1. The van der Waals surface area contributed by atoms with Gasteiger partial charge in [-0.15, -0.1) is 0 Å². The van der Waals surface area contributed by atoms with Crippen molar-refractivity contribution in [2.75, 3.05) is 37.7 Å². The topological polar surface area (TPSA) is 57.7 Å². The van der Waals surface area contributed by atoms with Gasteiger partial charge in [0.15, 0.2) is 9.84 Å². The van der Waals surface area contributed by atoms with Crippen LogP contribution in [0.5, 0.6) is 0 Å². The van der Waals surface area contributed by atoms with Gasteiger partial charge in [-0.1, -0.05) is 0 Å². The van der Waals surface area contributed by atoms with E-state index in [1.54, 1.807) is 4.90 Å². The quantitative estimate of drug-likeness (QED) is 0.570. The van der Waals surface area contributed by atoms with Crippen LogP contribution in [-0.2, 0) is 14.6 Å². The Kier molecular flexibility index (Phi) is 2.97. The molecule has 1 atom stereocenters. The van der Waals surface area contributed by atoms with Crippen molar-refractivity contribution in [3.63, 3.8) is 0 Å². The monoisotopic (exact) mass is 232 g/mol. The third kappa shape index (κ3) is 2.49. The second-order valence-corrected chi connectivity index (χ2v) is 6.53. The number of hydrogen-bond acceptors (Lipinski definition) is 4. The predicted octanol–water partition coefficient (Wildman–Crippen LogP) is -1.05. The smallest absolute Gasteiger partial charge is 0.209 e. The fraction of sp³-hybridized carbons (Fsp3) is 0.889. The molecule has 0 bridgehead atoms. The van der Waals surface area contributed by atoms with Gasteiger partial charge < -0.3 is 4.90 Å². The number of nitrogens with zero attached hydrogens (tertiary/aromatic N) is 2. The van der Waals surface area contributed by atoms with E-state index in [-0.39, 0.29) is 11.5 Å². The zero-order valence-corrected chi connectivity index (χ0v) is 9.45. The average Bonchev–Trinajstić information content (AvgIpc) is 2.66. The Balaban J connectivity index is 1.89. The van der Waals surface area contributed by atoms with Gasteiger partial charge in [-0.05, 0) is 6.42 Å². The van der Waals surface area contributed by atoms with Crippen LogP contribution in [0.4, 0.5) is 0 Å². The molecule has 0 aromatic rings. The maximum absolute atomic E-state index is 11.2. The van der Waals surface area contributed by atoms with E-state index in [1.165, 1.54) is 0 Å². The van der Waals surface area contributed by atoms with Crippen molar-refractivity contribution in [1.29, 1.82) is 0 Å². The van der Waals surface area contributed by atoms with E-state index in [1.807, 2.05) is 0 Å². The van der Waals surface area contributed by atoms with E-state index < -0.39 is 9.84 Å². The highest BCUT2D eigenvalue weighted by Gasteiger charge is 2.31. The van der Waals surface area contributed by atoms with Gasteiger partial charge in [0.05, 0.1) is 11.5 Å². The van der Waals surface area contributed by atoms with Gasteiger partial charge in [0.25, 0.3) is 0 Å². The Hall–Kier alpha value is -0.620. The van der Waals surface area contributed by atoms with Crippen LogP contribution < -0.4 is 0 Å². The lowest BCUT2D eigenvalue weighted by atomic mass is 10.2. The molecule has 0 aliphatic carbocycles. The predicted molar refractivity (Wildman–Crippen MR) is 56.3 cm³/mol. The van der Waals surface area contributed by atoms with Crippen LogP contribution in [0.25, 0.3) is 0 Å². The van der Waals surface area contributed by atoms with Crippen molar-refractivity contribution in [2.45, 2.75) is 12.5 Å². The van der Waals surface area contributed by atoms with E-state index in [0.29, 0.717) is 19.1 Å². The standard InChI is InChI=1S/C9H16N2O3S/c12-8-10-2-1-9(7-10)11-3-5-15(13,14)6-4-11/h8-9H,1-7H2. The summed E-state index contributed by atoms with van der Waals surface area (Å²) in [5, 5.41) is 0. The summed E-state index contributed by atoms with van der Waals surface area (Å²) in [4.78, 5) is 14.5. The number of hydrogen-bond donors (Lipinski definition) is 0. The largest absolute Gasteiger partial charge is 0.344 e. The first-order valence-corrected chi connectivity index (χ1v) is 7.07. The molecule has 5 nitrogen and oxygen atoms in total. The first-order chi connectivity index (χ1) is 7.11. The van der Waals surface area contributed by atoms with Crippen LogP contribution in [-0.4, -0.2) is 68.4 Å². The van der Waals surface area contributed by atoms with E-state index in [2.05, 4.69) is 4.90 Å². The Morgan fingerprint density at radius 2 is 1.80 bits per heavy atom. The van der Waals surface area contributed by atoms with Crippen LogP contribution in [0.15, 0.2) is 0 Å². The number of rotatable bonds is 2. The minimum absolute atomic E-state index is 0.268. The molecule has 0 saturated carbocycles. The summed E-state index contributed by atoms with van der Waals surface area (Å²) in [6, 6.07) is 0.366. The molecule has 1 unspecified atom stereocenters. The highest BCUT2D eigenvalue weighted by molar-refractivity contribution is 7.91. The molecule has 0 radical (unpaired) electrons. The first-order valence-electron chi connectivity index (χ1n) is 5.24. The number of carbonyl (C=O) groups excluding carboxylic acids is 1. The molecule has 2 rings (SSSR count). The van der Waals surface area contributed by atoms with E-state index in [9.17, 15) is 13.2 Å². The molecule has 0 spiro atoms. The Bertz CT molecular complexity index is 327. The van der Waals surface area contributed by atoms with Crippen LogP contribution in [0, 0.1) is 0 Å². The molecule has 0 aromatic heterocycles. The summed E-state index contributed by atoms with van der Waals surface area (Å²) >= 11 is 0. The summed E-state index contributed by atoms with van der Waals surface area (Å²) in [6.07, 6.45) is 1.85. The minimum Gasteiger partial charge on any atom is -0.344 e. The summed E-state index contributed by atoms with van der Waals surface area (Å²) in [6.45, 7) is 2.81. The van der Waals surface area contributed by atoms with Gasteiger partial charge in [-0.2, -0.15) is 0 Å². The van der Waals surface area contributed by atoms with Gasteiger partial charge in [0, 0.05) is 32.2 Å². The molecule has 2 aliphatic rings. The van der Waals surface area contributed by atoms with Gasteiger partial charge in [-0.3, -0.25) is 9.69 Å². The molecule has 2 aliphatic heterocycles. The lowest BCUT2D eigenvalue weighted by Gasteiger charge is -2.31. The van der Waals surface area contributed by atoms with Gasteiger partial charge in [0.1, 0.15) is 0 Å². The van der Waals surface area contributed by atoms with E-state index in [0.717, 1.165) is 25.9 Å². The van der Waals surface area contributed by atoms with Crippen molar-refractivity contribution < 1.29 is 13.2 Å². The maximum atomic E-state index is 11.2. The van der Waals surface area contributed by atoms with Crippen molar-refractivity contribution in [3.05, 3.63) is 0 Å². The normalized spacial score (nSPS) is 31.7. The van der Waals surface area contributed by atoms with E-state index >= 15 is 0 Å². The molecule has 15 heavy (non-hydrogen) atoms. The van der Waals surface area contributed by atoms with Crippen LogP contribution in [0.3, 0.4) is 0 Å². The zero-order valence-electron chi connectivity index (χ0n) is 8.63. The Labute approximate surface area is 90.0 Å². The van der Waals surface area contributed by atoms with Crippen LogP contribution in [0.2, 0.25) is 0 Å². The van der Waals surface area contributed by atoms with E-state index in [4.69, 9.17) is 0 Å². The molecular weight excluding hydrogens is 216 g/mol. The second kappa shape index (κ2) is 4.09. The molecule has 6 heteroatoms. The Morgan fingerprint density at radius 3 is 2.33 bits per heavy atom. The summed E-state index contributed by atoms with van der Waals surface area (Å²) in [5.74, 6) is 0.537. The van der Waals surface area contributed by atoms with Crippen LogP contribution in [0.1, 0.15) is 6.42 Å². The van der Waals surface area contributed by atoms with Crippen molar-refractivity contribution in [2.24, 2.45) is 0 Å². The fourth-order valence-corrected chi connectivity index (χ4v) is 3.48. The fourth-order valence-electron chi connectivity index (χ4n) is 2.25. The zero-order chi connectivity index (χ0) is 10.9. The average molecular weight is 232 g/mol. The molecule has 1 amide bonds. The molecule has 2 fully saturated rings. The third-order valence-electron chi connectivity index (χ3n) is 3.24. The highest BCUT2D eigenvalue weighted by Crippen LogP contribution is 2.16. The van der Waals surface area contributed by atoms with Crippen LogP contribution >= 0.6 is 0 Å². The molecule has 2 heterocycles. The summed E-state index contributed by atoms with van der Waals surface area (Å²) in [7, 11) is -2.79. The lowest BCUT2D eigenvalue weighted by molar-refractivity contribution is -0.117. The van der Waals surface area contributed by atoms with Gasteiger partial charge in [0.2, 0.25) is 6.41 Å². The first kappa shape index (κ1) is 10.9. The summed E-state index contributed by atoms with van der Waals surface area (Å²) in [5.41, 5.74) is 0. The maximum Gasteiger partial charge on any atom is 0.209 e. The molecule has 2 saturated heterocycles.